The van der Waals surface area contributed by atoms with E-state index in [0.717, 1.165) is 18.8 Å². The first-order chi connectivity index (χ1) is 10.7. The monoisotopic (exact) mass is 302 g/mol. The Labute approximate surface area is 132 Å². The number of anilines is 1. The van der Waals surface area contributed by atoms with Crippen LogP contribution >= 0.6 is 0 Å². The van der Waals surface area contributed by atoms with Crippen LogP contribution in [0, 0.1) is 5.92 Å². The minimum atomic E-state index is -0.145. The Morgan fingerprint density at radius 2 is 1.95 bits per heavy atom. The van der Waals surface area contributed by atoms with E-state index in [2.05, 4.69) is 10.6 Å². The molecule has 0 aliphatic heterocycles. The molecule has 0 spiro atoms. The Morgan fingerprint density at radius 1 is 1.18 bits per heavy atom. The summed E-state index contributed by atoms with van der Waals surface area (Å²) in [5, 5.41) is 5.46. The second kappa shape index (κ2) is 8.57. The van der Waals surface area contributed by atoms with Gasteiger partial charge in [0, 0.05) is 24.7 Å². The van der Waals surface area contributed by atoms with Crippen LogP contribution in [0.3, 0.4) is 0 Å². The molecule has 0 aromatic heterocycles. The van der Waals surface area contributed by atoms with Crippen molar-refractivity contribution in [2.24, 2.45) is 5.92 Å². The molecule has 0 atom stereocenters. The average molecular weight is 302 g/mol. The van der Waals surface area contributed by atoms with Crippen molar-refractivity contribution in [1.82, 2.24) is 5.32 Å². The van der Waals surface area contributed by atoms with Gasteiger partial charge in [0.05, 0.1) is 0 Å². The molecular formula is C18H26N2O2. The molecule has 1 aliphatic carbocycles. The van der Waals surface area contributed by atoms with Crippen LogP contribution in [0.1, 0.15) is 61.7 Å². The van der Waals surface area contributed by atoms with Crippen molar-refractivity contribution in [2.45, 2.75) is 51.4 Å². The van der Waals surface area contributed by atoms with Gasteiger partial charge in [-0.25, -0.2) is 0 Å². The van der Waals surface area contributed by atoms with E-state index >= 15 is 0 Å². The minimum absolute atomic E-state index is 0.0323. The summed E-state index contributed by atoms with van der Waals surface area (Å²) in [4.78, 5) is 23.6. The van der Waals surface area contributed by atoms with Gasteiger partial charge in [0.25, 0.3) is 5.91 Å². The van der Waals surface area contributed by atoms with Gasteiger partial charge in [-0.15, -0.1) is 0 Å². The summed E-state index contributed by atoms with van der Waals surface area (Å²) in [6.45, 7) is 0. The lowest BCUT2D eigenvalue weighted by Crippen LogP contribution is -2.18. The molecule has 120 valence electrons. The Balaban J connectivity index is 1.75. The minimum Gasteiger partial charge on any atom is -0.355 e. The van der Waals surface area contributed by atoms with Crippen molar-refractivity contribution in [2.75, 3.05) is 12.4 Å². The SMILES string of the molecule is CNC(=O)c1cccc(NC(=O)CCCC2CCCCC2)c1. The topological polar surface area (TPSA) is 58.2 Å². The molecule has 1 fully saturated rings. The Kier molecular flexibility index (Phi) is 6.44. The molecule has 2 rings (SSSR count). The summed E-state index contributed by atoms with van der Waals surface area (Å²) in [7, 11) is 1.60. The number of rotatable bonds is 6. The maximum Gasteiger partial charge on any atom is 0.251 e. The lowest BCUT2D eigenvalue weighted by Gasteiger charge is -2.21. The van der Waals surface area contributed by atoms with E-state index < -0.39 is 0 Å². The summed E-state index contributed by atoms with van der Waals surface area (Å²) >= 11 is 0. The third-order valence-electron chi connectivity index (χ3n) is 4.38. The van der Waals surface area contributed by atoms with E-state index in [4.69, 9.17) is 0 Å². The zero-order valence-corrected chi connectivity index (χ0v) is 13.4. The Bertz CT molecular complexity index is 508. The molecule has 0 unspecified atom stereocenters. The lowest BCUT2D eigenvalue weighted by atomic mass is 9.86. The van der Waals surface area contributed by atoms with Crippen LogP contribution in [-0.2, 0) is 4.79 Å². The summed E-state index contributed by atoms with van der Waals surface area (Å²) in [5.41, 5.74) is 1.24. The molecule has 2 amide bonds. The van der Waals surface area contributed by atoms with Crippen LogP contribution in [-0.4, -0.2) is 18.9 Å². The summed E-state index contributed by atoms with van der Waals surface area (Å²) < 4.78 is 0. The number of nitrogens with one attached hydrogen (secondary N) is 2. The van der Waals surface area contributed by atoms with Crippen LogP contribution in [0.2, 0.25) is 0 Å². The van der Waals surface area contributed by atoms with Crippen LogP contribution in [0.4, 0.5) is 5.69 Å². The van der Waals surface area contributed by atoms with E-state index in [1.54, 1.807) is 25.2 Å². The normalized spacial score (nSPS) is 15.3. The van der Waals surface area contributed by atoms with Crippen LogP contribution in [0.25, 0.3) is 0 Å². The number of hydrogen-bond acceptors (Lipinski definition) is 2. The van der Waals surface area contributed by atoms with Crippen LogP contribution in [0.5, 0.6) is 0 Å². The van der Waals surface area contributed by atoms with Gasteiger partial charge in [0.2, 0.25) is 5.91 Å². The van der Waals surface area contributed by atoms with Gasteiger partial charge in [0.15, 0.2) is 0 Å². The van der Waals surface area contributed by atoms with Gasteiger partial charge in [-0.1, -0.05) is 38.2 Å². The first-order valence-corrected chi connectivity index (χ1v) is 8.31. The lowest BCUT2D eigenvalue weighted by molar-refractivity contribution is -0.116. The Hall–Kier alpha value is -1.84. The van der Waals surface area contributed by atoms with E-state index in [-0.39, 0.29) is 11.8 Å². The van der Waals surface area contributed by atoms with Crippen molar-refractivity contribution >= 4 is 17.5 Å². The van der Waals surface area contributed by atoms with Gasteiger partial charge >= 0.3 is 0 Å². The number of benzene rings is 1. The first-order valence-electron chi connectivity index (χ1n) is 8.31. The summed E-state index contributed by atoms with van der Waals surface area (Å²) in [6.07, 6.45) is 9.40. The standard InChI is InChI=1S/C18H26N2O2/c1-19-18(22)15-10-6-11-16(13-15)20-17(21)12-5-9-14-7-3-2-4-8-14/h6,10-11,13-14H,2-5,7-9,12H2,1H3,(H,19,22)(H,20,21). The number of amides is 2. The molecule has 0 saturated heterocycles. The van der Waals surface area contributed by atoms with Crippen molar-refractivity contribution < 1.29 is 9.59 Å². The maximum atomic E-state index is 12.0. The number of hydrogen-bond donors (Lipinski definition) is 2. The second-order valence-corrected chi connectivity index (χ2v) is 6.10. The van der Waals surface area contributed by atoms with Gasteiger partial charge in [-0.05, 0) is 37.0 Å². The third kappa shape index (κ3) is 5.17. The number of carbonyl (C=O) groups excluding carboxylic acids is 2. The molecule has 22 heavy (non-hydrogen) atoms. The van der Waals surface area contributed by atoms with Gasteiger partial charge in [0.1, 0.15) is 0 Å². The number of carbonyl (C=O) groups is 2. The molecule has 4 nitrogen and oxygen atoms in total. The van der Waals surface area contributed by atoms with E-state index in [9.17, 15) is 9.59 Å². The molecule has 1 aromatic rings. The smallest absolute Gasteiger partial charge is 0.251 e. The maximum absolute atomic E-state index is 12.0. The largest absolute Gasteiger partial charge is 0.355 e. The van der Waals surface area contributed by atoms with Gasteiger partial charge in [-0.3, -0.25) is 9.59 Å². The molecule has 1 aromatic carbocycles. The van der Waals surface area contributed by atoms with Crippen LogP contribution < -0.4 is 10.6 Å². The summed E-state index contributed by atoms with van der Waals surface area (Å²) in [5.74, 6) is 0.705. The zero-order valence-electron chi connectivity index (χ0n) is 13.4. The molecule has 0 radical (unpaired) electrons. The highest BCUT2D eigenvalue weighted by Crippen LogP contribution is 2.27. The highest BCUT2D eigenvalue weighted by Gasteiger charge is 2.13. The third-order valence-corrected chi connectivity index (χ3v) is 4.38. The molecule has 4 heteroatoms. The molecule has 0 heterocycles. The van der Waals surface area contributed by atoms with E-state index in [1.807, 2.05) is 6.07 Å². The van der Waals surface area contributed by atoms with Crippen molar-refractivity contribution in [1.29, 1.82) is 0 Å². The fourth-order valence-corrected chi connectivity index (χ4v) is 3.13. The van der Waals surface area contributed by atoms with E-state index in [0.29, 0.717) is 17.7 Å². The van der Waals surface area contributed by atoms with Crippen LogP contribution in [0.15, 0.2) is 24.3 Å². The summed E-state index contributed by atoms with van der Waals surface area (Å²) in [6, 6.07) is 7.03. The highest BCUT2D eigenvalue weighted by molar-refractivity contribution is 5.97. The first kappa shape index (κ1) is 16.5. The molecule has 2 N–H and O–H groups in total. The van der Waals surface area contributed by atoms with Gasteiger partial charge in [-0.2, -0.15) is 0 Å². The van der Waals surface area contributed by atoms with Gasteiger partial charge < -0.3 is 10.6 Å². The predicted molar refractivity (Wildman–Crippen MR) is 88.9 cm³/mol. The van der Waals surface area contributed by atoms with Crippen molar-refractivity contribution in [3.63, 3.8) is 0 Å². The molecular weight excluding hydrogens is 276 g/mol. The van der Waals surface area contributed by atoms with Crippen molar-refractivity contribution in [3.8, 4) is 0 Å². The fraction of sp³-hybridized carbons (Fsp3) is 0.556. The highest BCUT2D eigenvalue weighted by atomic mass is 16.2. The molecule has 1 aliphatic rings. The van der Waals surface area contributed by atoms with E-state index in [1.165, 1.54) is 32.1 Å². The average Bonchev–Trinajstić information content (AvgIpc) is 2.55. The quantitative estimate of drug-likeness (QED) is 0.841. The predicted octanol–water partition coefficient (Wildman–Crippen LogP) is 3.74. The fourth-order valence-electron chi connectivity index (χ4n) is 3.13. The van der Waals surface area contributed by atoms with Crippen molar-refractivity contribution in [3.05, 3.63) is 29.8 Å². The molecule has 1 saturated carbocycles. The second-order valence-electron chi connectivity index (χ2n) is 6.10. The Morgan fingerprint density at radius 3 is 2.68 bits per heavy atom. The zero-order chi connectivity index (χ0) is 15.8. The molecule has 0 bridgehead atoms.